The van der Waals surface area contributed by atoms with Crippen LogP contribution in [0.3, 0.4) is 0 Å². The Morgan fingerprint density at radius 2 is 1.64 bits per heavy atom. The number of carbonyl (C=O) groups excluding carboxylic acids is 2. The molecule has 0 radical (unpaired) electrons. The molecule has 4 rings (SSSR count). The predicted molar refractivity (Wildman–Crippen MR) is 133 cm³/mol. The number of benzene rings is 2. The lowest BCUT2D eigenvalue weighted by Crippen LogP contribution is -2.43. The molecule has 5 nitrogen and oxygen atoms in total. The van der Waals surface area contributed by atoms with Gasteiger partial charge in [0.05, 0.1) is 0 Å². The lowest BCUT2D eigenvalue weighted by molar-refractivity contribution is -0.120. The first-order valence-corrected chi connectivity index (χ1v) is 12.6. The predicted octanol–water partition coefficient (Wildman–Crippen LogP) is 5.77. The summed E-state index contributed by atoms with van der Waals surface area (Å²) in [4.78, 5) is 28.2. The molecule has 2 amide bonds. The molecular weight excluding hydrogens is 434 g/mol. The van der Waals surface area contributed by atoms with E-state index in [2.05, 4.69) is 5.32 Å². The number of nitrogens with one attached hydrogen (secondary N) is 1. The lowest BCUT2D eigenvalue weighted by Gasteiger charge is -2.36. The first kappa shape index (κ1) is 23.8. The van der Waals surface area contributed by atoms with E-state index in [4.69, 9.17) is 17.3 Å². The van der Waals surface area contributed by atoms with Gasteiger partial charge < -0.3 is 16.0 Å². The minimum Gasteiger partial charge on any atom is -0.331 e. The minimum atomic E-state index is 0.00350. The molecule has 176 valence electrons. The van der Waals surface area contributed by atoms with Crippen molar-refractivity contribution in [2.45, 2.75) is 76.4 Å². The van der Waals surface area contributed by atoms with Crippen molar-refractivity contribution < 1.29 is 9.59 Å². The molecule has 0 aliphatic heterocycles. The molecule has 0 spiro atoms. The van der Waals surface area contributed by atoms with Crippen LogP contribution in [0, 0.1) is 5.92 Å². The molecule has 0 atom stereocenters. The van der Waals surface area contributed by atoms with Crippen molar-refractivity contribution in [1.82, 2.24) is 4.90 Å². The van der Waals surface area contributed by atoms with Crippen molar-refractivity contribution in [2.75, 3.05) is 5.32 Å². The second-order valence-corrected chi connectivity index (χ2v) is 9.91. The summed E-state index contributed by atoms with van der Waals surface area (Å²) >= 11 is 6.57. The quantitative estimate of drug-likeness (QED) is 0.566. The first-order chi connectivity index (χ1) is 16.0. The Morgan fingerprint density at radius 3 is 2.33 bits per heavy atom. The van der Waals surface area contributed by atoms with Gasteiger partial charge in [0.1, 0.15) is 0 Å². The van der Waals surface area contributed by atoms with Crippen molar-refractivity contribution in [3.8, 4) is 0 Å². The zero-order valence-electron chi connectivity index (χ0n) is 19.1. The number of rotatable bonds is 6. The molecule has 0 aromatic heterocycles. The van der Waals surface area contributed by atoms with Gasteiger partial charge in [-0.3, -0.25) is 9.59 Å². The van der Waals surface area contributed by atoms with Gasteiger partial charge in [-0.2, -0.15) is 0 Å². The number of anilines is 1. The van der Waals surface area contributed by atoms with E-state index in [0.717, 1.165) is 62.6 Å². The Kier molecular flexibility index (Phi) is 8.05. The zero-order valence-corrected chi connectivity index (χ0v) is 19.9. The summed E-state index contributed by atoms with van der Waals surface area (Å²) in [6, 6.07) is 15.3. The third-order valence-corrected chi connectivity index (χ3v) is 7.46. The maximum Gasteiger partial charge on any atom is 0.254 e. The molecule has 6 heteroatoms. The van der Waals surface area contributed by atoms with Crippen LogP contribution < -0.4 is 11.1 Å². The number of carbonyl (C=O) groups is 2. The van der Waals surface area contributed by atoms with Crippen molar-refractivity contribution in [1.29, 1.82) is 0 Å². The summed E-state index contributed by atoms with van der Waals surface area (Å²) in [5.41, 5.74) is 8.38. The summed E-state index contributed by atoms with van der Waals surface area (Å²) in [5.74, 6) is 0.172. The molecule has 0 bridgehead atoms. The van der Waals surface area contributed by atoms with Crippen LogP contribution in [0.25, 0.3) is 0 Å². The fourth-order valence-corrected chi connectivity index (χ4v) is 5.27. The van der Waals surface area contributed by atoms with E-state index in [9.17, 15) is 9.59 Å². The number of halogens is 1. The van der Waals surface area contributed by atoms with Crippen LogP contribution in [-0.2, 0) is 11.3 Å². The summed E-state index contributed by atoms with van der Waals surface area (Å²) in [6.07, 6.45) is 8.95. The van der Waals surface area contributed by atoms with E-state index in [1.165, 1.54) is 6.42 Å². The van der Waals surface area contributed by atoms with Gasteiger partial charge in [-0.1, -0.05) is 49.1 Å². The Bertz CT molecular complexity index is 951. The molecular formula is C27H34ClN3O2. The number of hydrogen-bond acceptors (Lipinski definition) is 3. The number of nitrogens with zero attached hydrogens (tertiary/aromatic N) is 1. The lowest BCUT2D eigenvalue weighted by atomic mass is 9.88. The highest BCUT2D eigenvalue weighted by Crippen LogP contribution is 2.30. The van der Waals surface area contributed by atoms with Gasteiger partial charge in [0, 0.05) is 40.8 Å². The molecule has 2 saturated carbocycles. The molecule has 3 N–H and O–H groups in total. The summed E-state index contributed by atoms with van der Waals surface area (Å²) < 4.78 is 0. The zero-order chi connectivity index (χ0) is 23.2. The molecule has 2 aliphatic rings. The van der Waals surface area contributed by atoms with Crippen molar-refractivity contribution >= 4 is 29.1 Å². The van der Waals surface area contributed by atoms with Gasteiger partial charge in [0.15, 0.2) is 0 Å². The van der Waals surface area contributed by atoms with Gasteiger partial charge in [-0.05, 0) is 74.4 Å². The Labute approximate surface area is 201 Å². The Morgan fingerprint density at radius 1 is 0.939 bits per heavy atom. The SMILES string of the molecule is NC1CCC(N(Cc2cc(NC(=O)C3CCCCC3)ccc2Cl)C(=O)c2ccccc2)CC1. The van der Waals surface area contributed by atoms with Crippen LogP contribution in [0.15, 0.2) is 48.5 Å². The Hall–Kier alpha value is -2.37. The van der Waals surface area contributed by atoms with E-state index >= 15 is 0 Å². The van der Waals surface area contributed by atoms with Crippen LogP contribution in [0.5, 0.6) is 0 Å². The monoisotopic (exact) mass is 467 g/mol. The number of amides is 2. The molecule has 33 heavy (non-hydrogen) atoms. The van der Waals surface area contributed by atoms with E-state index in [0.29, 0.717) is 17.1 Å². The normalized spacial score (nSPS) is 21.4. The highest BCUT2D eigenvalue weighted by Gasteiger charge is 2.29. The Balaban J connectivity index is 1.54. The average molecular weight is 468 g/mol. The van der Waals surface area contributed by atoms with Gasteiger partial charge in [0.2, 0.25) is 5.91 Å². The summed E-state index contributed by atoms with van der Waals surface area (Å²) in [6.45, 7) is 0.402. The van der Waals surface area contributed by atoms with Gasteiger partial charge in [-0.15, -0.1) is 0 Å². The third-order valence-electron chi connectivity index (χ3n) is 7.09. The van der Waals surface area contributed by atoms with Crippen LogP contribution in [0.2, 0.25) is 5.02 Å². The molecule has 0 unspecified atom stereocenters. The molecule has 2 fully saturated rings. The minimum absolute atomic E-state index is 0.00350. The standard InChI is InChI=1S/C27H34ClN3O2/c28-25-16-13-23(30-26(32)19-7-3-1-4-8-19)17-21(25)18-31(24-14-11-22(29)12-15-24)27(33)20-9-5-2-6-10-20/h2,5-6,9-10,13,16-17,19,22,24H,1,3-4,7-8,11-12,14-15,18,29H2,(H,30,32). The van der Waals surface area contributed by atoms with Gasteiger partial charge in [-0.25, -0.2) is 0 Å². The van der Waals surface area contributed by atoms with Crippen molar-refractivity contribution in [2.24, 2.45) is 11.7 Å². The van der Waals surface area contributed by atoms with Crippen LogP contribution >= 0.6 is 11.6 Å². The van der Waals surface area contributed by atoms with Crippen molar-refractivity contribution in [3.05, 3.63) is 64.7 Å². The molecule has 2 aromatic rings. The summed E-state index contributed by atoms with van der Waals surface area (Å²) in [7, 11) is 0. The van der Waals surface area contributed by atoms with Crippen LogP contribution in [0.1, 0.15) is 73.7 Å². The fourth-order valence-electron chi connectivity index (χ4n) is 5.09. The van der Waals surface area contributed by atoms with E-state index < -0.39 is 0 Å². The van der Waals surface area contributed by atoms with E-state index in [1.54, 1.807) is 0 Å². The highest BCUT2D eigenvalue weighted by atomic mass is 35.5. The molecule has 2 aromatic carbocycles. The number of nitrogens with two attached hydrogens (primary N) is 1. The largest absolute Gasteiger partial charge is 0.331 e. The van der Waals surface area contributed by atoms with Crippen LogP contribution in [0.4, 0.5) is 5.69 Å². The van der Waals surface area contributed by atoms with Gasteiger partial charge in [0.25, 0.3) is 5.91 Å². The van der Waals surface area contributed by atoms with Crippen molar-refractivity contribution in [3.63, 3.8) is 0 Å². The fraction of sp³-hybridized carbons (Fsp3) is 0.481. The number of hydrogen-bond donors (Lipinski definition) is 2. The maximum atomic E-state index is 13.5. The third kappa shape index (κ3) is 6.15. The van der Waals surface area contributed by atoms with E-state index in [-0.39, 0.29) is 29.8 Å². The molecule has 0 heterocycles. The van der Waals surface area contributed by atoms with E-state index in [1.807, 2.05) is 53.4 Å². The second-order valence-electron chi connectivity index (χ2n) is 9.50. The van der Waals surface area contributed by atoms with Crippen LogP contribution in [-0.4, -0.2) is 28.8 Å². The maximum absolute atomic E-state index is 13.5. The smallest absolute Gasteiger partial charge is 0.254 e. The molecule has 0 saturated heterocycles. The highest BCUT2D eigenvalue weighted by molar-refractivity contribution is 6.31. The molecule has 2 aliphatic carbocycles. The summed E-state index contributed by atoms with van der Waals surface area (Å²) in [5, 5.41) is 3.68. The topological polar surface area (TPSA) is 75.4 Å². The first-order valence-electron chi connectivity index (χ1n) is 12.2. The van der Waals surface area contributed by atoms with Gasteiger partial charge >= 0.3 is 0 Å². The second kappa shape index (κ2) is 11.2. The average Bonchev–Trinajstić information content (AvgIpc) is 2.85.